The Morgan fingerprint density at radius 3 is 2.14 bits per heavy atom. The highest BCUT2D eigenvalue weighted by Crippen LogP contribution is 2.29. The first-order valence-electron chi connectivity index (χ1n) is 6.57. The SMILES string of the molecule is FC(F)(F)c1ccc(COc2cccc(OCCCl)c2)cc1. The Morgan fingerprint density at radius 1 is 0.909 bits per heavy atom. The van der Waals surface area contributed by atoms with Gasteiger partial charge in [-0.15, -0.1) is 11.6 Å². The van der Waals surface area contributed by atoms with E-state index >= 15 is 0 Å². The molecule has 2 rings (SSSR count). The van der Waals surface area contributed by atoms with Crippen molar-refractivity contribution in [3.63, 3.8) is 0 Å². The Morgan fingerprint density at radius 2 is 1.55 bits per heavy atom. The van der Waals surface area contributed by atoms with E-state index in [1.807, 2.05) is 0 Å². The summed E-state index contributed by atoms with van der Waals surface area (Å²) in [7, 11) is 0. The van der Waals surface area contributed by atoms with Gasteiger partial charge in [0.05, 0.1) is 11.4 Å². The van der Waals surface area contributed by atoms with E-state index in [9.17, 15) is 13.2 Å². The lowest BCUT2D eigenvalue weighted by molar-refractivity contribution is -0.137. The van der Waals surface area contributed by atoms with Gasteiger partial charge in [0, 0.05) is 6.07 Å². The third kappa shape index (κ3) is 4.84. The smallest absolute Gasteiger partial charge is 0.416 e. The summed E-state index contributed by atoms with van der Waals surface area (Å²) in [6.45, 7) is 0.570. The zero-order valence-electron chi connectivity index (χ0n) is 11.6. The minimum atomic E-state index is -4.33. The summed E-state index contributed by atoms with van der Waals surface area (Å²) >= 11 is 5.54. The van der Waals surface area contributed by atoms with Crippen LogP contribution < -0.4 is 9.47 Å². The molecule has 0 fully saturated rings. The second-order valence-electron chi connectivity index (χ2n) is 4.50. The number of ether oxygens (including phenoxy) is 2. The molecule has 0 bridgehead atoms. The van der Waals surface area contributed by atoms with Crippen LogP contribution in [0.5, 0.6) is 11.5 Å². The van der Waals surface area contributed by atoms with Crippen LogP contribution in [0.4, 0.5) is 13.2 Å². The minimum Gasteiger partial charge on any atom is -0.492 e. The fraction of sp³-hybridized carbons (Fsp3) is 0.250. The zero-order valence-corrected chi connectivity index (χ0v) is 12.3. The molecule has 0 aliphatic heterocycles. The summed E-state index contributed by atoms with van der Waals surface area (Å²) < 4.78 is 48.3. The quantitative estimate of drug-likeness (QED) is 0.701. The van der Waals surface area contributed by atoms with E-state index in [0.29, 0.717) is 29.5 Å². The zero-order chi connectivity index (χ0) is 16.0. The average molecular weight is 331 g/mol. The maximum Gasteiger partial charge on any atom is 0.416 e. The molecule has 0 saturated heterocycles. The fourth-order valence-electron chi connectivity index (χ4n) is 1.77. The molecule has 0 unspecified atom stereocenters. The molecule has 0 saturated carbocycles. The molecule has 6 heteroatoms. The minimum absolute atomic E-state index is 0.178. The monoisotopic (exact) mass is 330 g/mol. The summed E-state index contributed by atoms with van der Waals surface area (Å²) in [6.07, 6.45) is -4.33. The molecule has 0 aliphatic carbocycles. The highest BCUT2D eigenvalue weighted by Gasteiger charge is 2.29. The van der Waals surface area contributed by atoms with Crippen LogP contribution in [0.3, 0.4) is 0 Å². The molecule has 0 aliphatic rings. The molecule has 22 heavy (non-hydrogen) atoms. The van der Waals surface area contributed by atoms with Crippen LogP contribution in [0.1, 0.15) is 11.1 Å². The first-order valence-corrected chi connectivity index (χ1v) is 7.10. The molecule has 2 aromatic carbocycles. The van der Waals surface area contributed by atoms with Crippen LogP contribution >= 0.6 is 11.6 Å². The van der Waals surface area contributed by atoms with Gasteiger partial charge < -0.3 is 9.47 Å². The molecule has 0 atom stereocenters. The standard InChI is InChI=1S/C16H14ClF3O2/c17-8-9-21-14-2-1-3-15(10-14)22-11-12-4-6-13(7-5-12)16(18,19)20/h1-7,10H,8-9,11H2. The lowest BCUT2D eigenvalue weighted by Crippen LogP contribution is -2.05. The first-order chi connectivity index (χ1) is 10.5. The van der Waals surface area contributed by atoms with Gasteiger partial charge in [0.1, 0.15) is 24.7 Å². The molecule has 0 heterocycles. The van der Waals surface area contributed by atoms with Crippen molar-refractivity contribution in [1.29, 1.82) is 0 Å². The van der Waals surface area contributed by atoms with Crippen molar-refractivity contribution in [3.05, 3.63) is 59.7 Å². The van der Waals surface area contributed by atoms with Gasteiger partial charge in [-0.25, -0.2) is 0 Å². The first kappa shape index (κ1) is 16.5. The maximum absolute atomic E-state index is 12.5. The molecule has 0 aromatic heterocycles. The van der Waals surface area contributed by atoms with Gasteiger partial charge in [0.2, 0.25) is 0 Å². The van der Waals surface area contributed by atoms with Crippen molar-refractivity contribution in [2.75, 3.05) is 12.5 Å². The number of hydrogen-bond acceptors (Lipinski definition) is 2. The lowest BCUT2D eigenvalue weighted by atomic mass is 10.1. The molecule has 2 nitrogen and oxygen atoms in total. The Bertz CT molecular complexity index is 597. The fourth-order valence-corrected chi connectivity index (χ4v) is 1.84. The maximum atomic E-state index is 12.5. The van der Waals surface area contributed by atoms with Gasteiger partial charge in [-0.3, -0.25) is 0 Å². The number of alkyl halides is 4. The summed E-state index contributed by atoms with van der Waals surface area (Å²) in [4.78, 5) is 0. The van der Waals surface area contributed by atoms with Crippen LogP contribution in [0.2, 0.25) is 0 Å². The molecule has 0 radical (unpaired) electrons. The number of halogens is 4. The summed E-state index contributed by atoms with van der Waals surface area (Å²) in [5.74, 6) is 1.59. The van der Waals surface area contributed by atoms with Crippen molar-refractivity contribution in [3.8, 4) is 11.5 Å². The Hall–Kier alpha value is -1.88. The topological polar surface area (TPSA) is 18.5 Å². The molecule has 2 aromatic rings. The number of rotatable bonds is 6. The predicted molar refractivity (Wildman–Crippen MR) is 78.4 cm³/mol. The van der Waals surface area contributed by atoms with Crippen LogP contribution in [0, 0.1) is 0 Å². The van der Waals surface area contributed by atoms with Gasteiger partial charge in [0.25, 0.3) is 0 Å². The second-order valence-corrected chi connectivity index (χ2v) is 4.87. The van der Waals surface area contributed by atoms with Gasteiger partial charge in [-0.05, 0) is 29.8 Å². The number of benzene rings is 2. The molecular formula is C16H14ClF3O2. The summed E-state index contributed by atoms with van der Waals surface area (Å²) in [6, 6.07) is 11.9. The summed E-state index contributed by atoms with van der Waals surface area (Å²) in [5.41, 5.74) is -0.0206. The predicted octanol–water partition coefficient (Wildman–Crippen LogP) is 4.90. The Labute approximate surface area is 131 Å². The van der Waals surface area contributed by atoms with E-state index in [0.717, 1.165) is 12.1 Å². The summed E-state index contributed by atoms with van der Waals surface area (Å²) in [5, 5.41) is 0. The molecule has 0 spiro atoms. The van der Waals surface area contributed by atoms with E-state index in [2.05, 4.69) is 0 Å². The van der Waals surface area contributed by atoms with Gasteiger partial charge in [-0.1, -0.05) is 18.2 Å². The highest BCUT2D eigenvalue weighted by atomic mass is 35.5. The van der Waals surface area contributed by atoms with Crippen LogP contribution in [-0.2, 0) is 12.8 Å². The highest BCUT2D eigenvalue weighted by molar-refractivity contribution is 6.18. The van der Waals surface area contributed by atoms with Crippen molar-refractivity contribution in [2.24, 2.45) is 0 Å². The third-order valence-electron chi connectivity index (χ3n) is 2.84. The Kier molecular flexibility index (Phi) is 5.55. The van der Waals surface area contributed by atoms with E-state index in [-0.39, 0.29) is 6.61 Å². The second kappa shape index (κ2) is 7.40. The van der Waals surface area contributed by atoms with Crippen molar-refractivity contribution in [1.82, 2.24) is 0 Å². The molecule has 118 valence electrons. The number of hydrogen-bond donors (Lipinski definition) is 0. The van der Waals surface area contributed by atoms with E-state index in [4.69, 9.17) is 21.1 Å². The van der Waals surface area contributed by atoms with Crippen molar-refractivity contribution < 1.29 is 22.6 Å². The van der Waals surface area contributed by atoms with E-state index in [1.54, 1.807) is 24.3 Å². The van der Waals surface area contributed by atoms with Crippen LogP contribution in [0.25, 0.3) is 0 Å². The van der Waals surface area contributed by atoms with E-state index in [1.165, 1.54) is 12.1 Å². The third-order valence-corrected chi connectivity index (χ3v) is 2.99. The lowest BCUT2D eigenvalue weighted by Gasteiger charge is -2.10. The normalized spacial score (nSPS) is 11.3. The molecular weight excluding hydrogens is 317 g/mol. The van der Waals surface area contributed by atoms with Gasteiger partial charge in [0.15, 0.2) is 0 Å². The van der Waals surface area contributed by atoms with Crippen LogP contribution in [-0.4, -0.2) is 12.5 Å². The van der Waals surface area contributed by atoms with Gasteiger partial charge in [-0.2, -0.15) is 13.2 Å². The largest absolute Gasteiger partial charge is 0.492 e. The van der Waals surface area contributed by atoms with Crippen molar-refractivity contribution in [2.45, 2.75) is 12.8 Å². The molecule has 0 N–H and O–H groups in total. The van der Waals surface area contributed by atoms with E-state index < -0.39 is 11.7 Å². The molecule has 0 amide bonds. The van der Waals surface area contributed by atoms with Crippen LogP contribution in [0.15, 0.2) is 48.5 Å². The Balaban J connectivity index is 1.95. The van der Waals surface area contributed by atoms with Crippen molar-refractivity contribution >= 4 is 11.6 Å². The average Bonchev–Trinajstić information content (AvgIpc) is 2.51. The van der Waals surface area contributed by atoms with Gasteiger partial charge >= 0.3 is 6.18 Å².